The lowest BCUT2D eigenvalue weighted by atomic mass is 9.96. The minimum Gasteiger partial charge on any atom is -0.497 e. The van der Waals surface area contributed by atoms with E-state index in [2.05, 4.69) is 4.99 Å². The van der Waals surface area contributed by atoms with Crippen molar-refractivity contribution < 1.29 is 14.3 Å². The highest BCUT2D eigenvalue weighted by molar-refractivity contribution is 7.07. The third-order valence-electron chi connectivity index (χ3n) is 5.39. The Morgan fingerprint density at radius 2 is 1.76 bits per heavy atom. The van der Waals surface area contributed by atoms with Gasteiger partial charge in [-0.3, -0.25) is 9.36 Å². The van der Waals surface area contributed by atoms with Gasteiger partial charge in [0, 0.05) is 0 Å². The Labute approximate surface area is 196 Å². The predicted octanol–water partition coefficient (Wildman–Crippen LogP) is 3.50. The van der Waals surface area contributed by atoms with Crippen LogP contribution in [0.4, 0.5) is 0 Å². The number of hydrogen-bond donors (Lipinski definition) is 0. The second-order valence-corrected chi connectivity index (χ2v) is 9.23. The number of methoxy groups -OCH3 is 1. The smallest absolute Gasteiger partial charge is 0.338 e. The van der Waals surface area contributed by atoms with Crippen molar-refractivity contribution in [2.24, 2.45) is 4.99 Å². The van der Waals surface area contributed by atoms with Gasteiger partial charge in [-0.15, -0.1) is 0 Å². The number of allylic oxidation sites excluding steroid dienone is 1. The molecule has 0 saturated heterocycles. The maximum Gasteiger partial charge on any atom is 0.338 e. The fourth-order valence-corrected chi connectivity index (χ4v) is 4.82. The maximum absolute atomic E-state index is 13.6. The summed E-state index contributed by atoms with van der Waals surface area (Å²) in [6, 6.07) is 14.7. The number of fused-ring (bicyclic) bond motifs is 1. The first kappa shape index (κ1) is 22.7. The van der Waals surface area contributed by atoms with E-state index in [0.29, 0.717) is 26.4 Å². The Balaban J connectivity index is 1.92. The van der Waals surface area contributed by atoms with Crippen LogP contribution in [0.3, 0.4) is 0 Å². The zero-order valence-corrected chi connectivity index (χ0v) is 20.1. The van der Waals surface area contributed by atoms with E-state index in [4.69, 9.17) is 9.47 Å². The van der Waals surface area contributed by atoms with Gasteiger partial charge in [-0.1, -0.05) is 53.3 Å². The molecule has 0 unspecified atom stereocenters. The van der Waals surface area contributed by atoms with Crippen LogP contribution < -0.4 is 19.6 Å². The lowest BCUT2D eigenvalue weighted by Crippen LogP contribution is -2.40. The summed E-state index contributed by atoms with van der Waals surface area (Å²) >= 11 is 1.32. The molecule has 0 aliphatic carbocycles. The van der Waals surface area contributed by atoms with Crippen molar-refractivity contribution in [1.82, 2.24) is 4.57 Å². The summed E-state index contributed by atoms with van der Waals surface area (Å²) in [6.07, 6.45) is 1.57. The van der Waals surface area contributed by atoms with Crippen LogP contribution in [0.2, 0.25) is 0 Å². The molecule has 1 aliphatic heterocycles. The molecule has 0 spiro atoms. The van der Waals surface area contributed by atoms with Crippen LogP contribution in [-0.2, 0) is 9.53 Å². The second-order valence-electron chi connectivity index (χ2n) is 8.22. The number of aromatic nitrogens is 1. The molecule has 0 saturated carbocycles. The highest BCUT2D eigenvalue weighted by atomic mass is 32.1. The third kappa shape index (κ3) is 4.54. The molecule has 4 rings (SSSR count). The summed E-state index contributed by atoms with van der Waals surface area (Å²) in [7, 11) is 1.60. The quantitative estimate of drug-likeness (QED) is 0.544. The van der Waals surface area contributed by atoms with Crippen LogP contribution in [-0.4, -0.2) is 23.8 Å². The van der Waals surface area contributed by atoms with Gasteiger partial charge in [-0.05, 0) is 57.0 Å². The minimum atomic E-state index is -0.640. The number of carbonyl (C=O) groups excluding carboxylic acids is 1. The fourth-order valence-electron chi connectivity index (χ4n) is 3.78. The highest BCUT2D eigenvalue weighted by Crippen LogP contribution is 2.31. The molecule has 0 fully saturated rings. The number of rotatable bonds is 5. The van der Waals surface area contributed by atoms with Crippen LogP contribution in [0.25, 0.3) is 6.08 Å². The van der Waals surface area contributed by atoms with Crippen LogP contribution >= 0.6 is 11.3 Å². The van der Waals surface area contributed by atoms with E-state index in [0.717, 1.165) is 16.7 Å². The summed E-state index contributed by atoms with van der Waals surface area (Å²) < 4.78 is 13.0. The summed E-state index contributed by atoms with van der Waals surface area (Å²) in [5.74, 6) is 0.220. The average Bonchev–Trinajstić information content (AvgIpc) is 3.08. The first-order valence-corrected chi connectivity index (χ1v) is 11.5. The zero-order chi connectivity index (χ0) is 23.7. The summed E-state index contributed by atoms with van der Waals surface area (Å²) in [4.78, 5) is 31.8. The second kappa shape index (κ2) is 9.19. The molecule has 2 heterocycles. The van der Waals surface area contributed by atoms with Gasteiger partial charge in [-0.25, -0.2) is 9.79 Å². The van der Waals surface area contributed by atoms with E-state index < -0.39 is 12.0 Å². The molecule has 0 radical (unpaired) electrons. The molecule has 1 atom stereocenters. The Morgan fingerprint density at radius 3 is 2.36 bits per heavy atom. The molecule has 0 N–H and O–H groups in total. The van der Waals surface area contributed by atoms with Crippen molar-refractivity contribution >= 4 is 23.4 Å². The largest absolute Gasteiger partial charge is 0.497 e. The van der Waals surface area contributed by atoms with Gasteiger partial charge < -0.3 is 9.47 Å². The Morgan fingerprint density at radius 1 is 1.09 bits per heavy atom. The third-order valence-corrected chi connectivity index (χ3v) is 6.37. The predicted molar refractivity (Wildman–Crippen MR) is 129 cm³/mol. The SMILES string of the molecule is COc1ccc([C@@H]2C(C(=O)OC(C)C)=C(C)N=c3s/c(=C/c4ccc(C)cc4)c(=O)n32)cc1. The number of benzene rings is 2. The first-order chi connectivity index (χ1) is 15.8. The van der Waals surface area contributed by atoms with E-state index in [1.54, 1.807) is 32.4 Å². The molecule has 1 aliphatic rings. The Hall–Kier alpha value is -3.45. The number of thiazole rings is 1. The van der Waals surface area contributed by atoms with Crippen LogP contribution in [0, 0.1) is 6.92 Å². The standard InChI is InChI=1S/C26H26N2O4S/c1-15(2)32-25(30)22-17(4)27-26-28(23(22)19-10-12-20(31-5)13-11-19)24(29)21(33-26)14-18-8-6-16(3)7-9-18/h6-15,23H,1-5H3/b21-14+/t23-/m1/s1. The maximum atomic E-state index is 13.6. The zero-order valence-electron chi connectivity index (χ0n) is 19.3. The molecular weight excluding hydrogens is 436 g/mol. The van der Waals surface area contributed by atoms with E-state index >= 15 is 0 Å². The lowest BCUT2D eigenvalue weighted by Gasteiger charge is -2.25. The van der Waals surface area contributed by atoms with Crippen molar-refractivity contribution in [3.8, 4) is 5.75 Å². The van der Waals surface area contributed by atoms with Crippen molar-refractivity contribution in [1.29, 1.82) is 0 Å². The molecule has 1 aromatic heterocycles. The molecule has 0 bridgehead atoms. The minimum absolute atomic E-state index is 0.192. The van der Waals surface area contributed by atoms with Gasteiger partial charge in [0.25, 0.3) is 5.56 Å². The molecule has 0 amide bonds. The number of esters is 1. The highest BCUT2D eigenvalue weighted by Gasteiger charge is 2.33. The number of ether oxygens (including phenoxy) is 2. The fraction of sp³-hybridized carbons (Fsp3) is 0.269. The molecule has 2 aromatic carbocycles. The summed E-state index contributed by atoms with van der Waals surface area (Å²) in [5.41, 5.74) is 3.58. The van der Waals surface area contributed by atoms with Crippen LogP contribution in [0.15, 0.2) is 69.6 Å². The molecule has 3 aromatic rings. The van der Waals surface area contributed by atoms with E-state index in [1.807, 2.05) is 61.5 Å². The normalized spacial score (nSPS) is 15.9. The van der Waals surface area contributed by atoms with Crippen molar-refractivity contribution in [3.05, 3.63) is 96.2 Å². The molecule has 7 heteroatoms. The van der Waals surface area contributed by atoms with Gasteiger partial charge in [0.2, 0.25) is 0 Å². The lowest BCUT2D eigenvalue weighted by molar-refractivity contribution is -0.143. The molecule has 6 nitrogen and oxygen atoms in total. The van der Waals surface area contributed by atoms with E-state index in [-0.39, 0.29) is 11.7 Å². The number of carbonyl (C=O) groups is 1. The molecule has 33 heavy (non-hydrogen) atoms. The van der Waals surface area contributed by atoms with E-state index in [1.165, 1.54) is 11.3 Å². The molecule has 170 valence electrons. The Bertz CT molecular complexity index is 1390. The monoisotopic (exact) mass is 462 g/mol. The van der Waals surface area contributed by atoms with Crippen molar-refractivity contribution in [2.45, 2.75) is 39.8 Å². The number of hydrogen-bond acceptors (Lipinski definition) is 6. The van der Waals surface area contributed by atoms with Crippen LogP contribution in [0.5, 0.6) is 5.75 Å². The number of nitrogens with zero attached hydrogens (tertiary/aromatic N) is 2. The first-order valence-electron chi connectivity index (χ1n) is 10.7. The van der Waals surface area contributed by atoms with Crippen LogP contribution in [0.1, 0.15) is 43.5 Å². The van der Waals surface area contributed by atoms with Crippen molar-refractivity contribution in [2.75, 3.05) is 7.11 Å². The van der Waals surface area contributed by atoms with Crippen molar-refractivity contribution in [3.63, 3.8) is 0 Å². The molecular formula is C26H26N2O4S. The summed E-state index contributed by atoms with van der Waals surface area (Å²) in [6.45, 7) is 7.40. The van der Waals surface area contributed by atoms with Gasteiger partial charge >= 0.3 is 5.97 Å². The summed E-state index contributed by atoms with van der Waals surface area (Å²) in [5, 5.41) is 0. The Kier molecular flexibility index (Phi) is 6.33. The average molecular weight is 463 g/mol. The van der Waals surface area contributed by atoms with Gasteiger partial charge in [-0.2, -0.15) is 0 Å². The van der Waals surface area contributed by atoms with Gasteiger partial charge in [0.15, 0.2) is 4.80 Å². The van der Waals surface area contributed by atoms with Gasteiger partial charge in [0.05, 0.1) is 35.1 Å². The van der Waals surface area contributed by atoms with E-state index in [9.17, 15) is 9.59 Å². The number of aryl methyl sites for hydroxylation is 1. The topological polar surface area (TPSA) is 69.9 Å². The van der Waals surface area contributed by atoms with Gasteiger partial charge in [0.1, 0.15) is 5.75 Å².